The summed E-state index contributed by atoms with van der Waals surface area (Å²) in [6.07, 6.45) is 0.608. The lowest BCUT2D eigenvalue weighted by Gasteiger charge is -2.74. The van der Waals surface area contributed by atoms with E-state index in [2.05, 4.69) is 6.92 Å². The zero-order valence-corrected chi connectivity index (χ0v) is 33.6. The van der Waals surface area contributed by atoms with Crippen LogP contribution in [-0.4, -0.2) is 109 Å². The molecule has 6 heterocycles. The van der Waals surface area contributed by atoms with Crippen LogP contribution < -0.4 is 0 Å². The molecule has 11 bridgehead atoms. The fourth-order valence-corrected chi connectivity index (χ4v) is 13.3. The van der Waals surface area contributed by atoms with Crippen molar-refractivity contribution in [3.05, 3.63) is 96.1 Å². The molecule has 5 N–H and O–H groups in total. The topological polar surface area (TPSA) is 194 Å². The second kappa shape index (κ2) is 13.3. The molecular formula is C46H54O13. The molecule has 10 aliphatic rings. The summed E-state index contributed by atoms with van der Waals surface area (Å²) < 4.78 is 39.7. The molecule has 4 saturated carbocycles. The lowest BCUT2D eigenvalue weighted by Crippen LogP contribution is -2.89. The molecule has 6 aliphatic heterocycles. The molecule has 13 heteroatoms. The maximum atomic E-state index is 13.7. The third-order valence-electron chi connectivity index (χ3n) is 16.2. The first-order chi connectivity index (χ1) is 28.1. The summed E-state index contributed by atoms with van der Waals surface area (Å²) in [7, 11) is 0. The average molecular weight is 815 g/mol. The number of benzene rings is 2. The quantitative estimate of drug-likeness (QED) is 0.223. The van der Waals surface area contributed by atoms with E-state index >= 15 is 0 Å². The van der Waals surface area contributed by atoms with Crippen molar-refractivity contribution in [1.29, 1.82) is 0 Å². The van der Waals surface area contributed by atoms with Gasteiger partial charge in [0.05, 0.1) is 23.4 Å². The van der Waals surface area contributed by atoms with E-state index in [0.717, 1.165) is 0 Å². The molecule has 0 amide bonds. The number of carbonyl (C=O) groups excluding carboxylic acids is 2. The summed E-state index contributed by atoms with van der Waals surface area (Å²) in [5, 5.41) is 63.4. The van der Waals surface area contributed by atoms with Gasteiger partial charge in [-0.05, 0) is 68.6 Å². The minimum absolute atomic E-state index is 0.102. The molecule has 4 aliphatic carbocycles. The maximum Gasteiger partial charge on any atom is 0.338 e. The van der Waals surface area contributed by atoms with Crippen molar-refractivity contribution >= 4 is 11.9 Å². The minimum atomic E-state index is -2.22. The second-order valence-electron chi connectivity index (χ2n) is 19.0. The van der Waals surface area contributed by atoms with Crippen molar-refractivity contribution in [2.75, 3.05) is 6.61 Å². The van der Waals surface area contributed by atoms with E-state index in [4.69, 9.17) is 28.4 Å². The number of aliphatic hydroxyl groups excluding tert-OH is 2. The zero-order valence-electron chi connectivity index (χ0n) is 33.6. The van der Waals surface area contributed by atoms with Gasteiger partial charge in [0.25, 0.3) is 0 Å². The van der Waals surface area contributed by atoms with Crippen molar-refractivity contribution in [3.8, 4) is 0 Å². The largest absolute Gasteiger partial charge is 0.456 e. The predicted octanol–water partition coefficient (Wildman–Crippen LogP) is 3.31. The number of rotatable bonds is 4. The summed E-state index contributed by atoms with van der Waals surface area (Å²) in [5.74, 6) is -6.79. The first-order valence-electron chi connectivity index (χ1n) is 21.2. The Bertz CT molecular complexity index is 2060. The summed E-state index contributed by atoms with van der Waals surface area (Å²) >= 11 is 0. The molecule has 0 aromatic heterocycles. The number of esters is 2. The first kappa shape index (κ1) is 39.6. The Balaban J connectivity index is 1.14. The van der Waals surface area contributed by atoms with E-state index in [1.807, 2.05) is 38.1 Å². The number of hydrogen-bond donors (Lipinski definition) is 5. The van der Waals surface area contributed by atoms with Crippen LogP contribution in [0.5, 0.6) is 0 Å². The SMILES string of the molecule is C[C@H]1[C@@H]2CC[C@@H]1[C@@H](OC(=O)c1ccccc1)/C=C\C=C/C(=O)O[C@H]1[C@@H](C)C[C@@H]3[C@]1(O)[C@H](O)[C@@]1(CO)O[C@H]1[C@H]1[C@H]4OC5(c6ccccc6)O[C@@H]([C@@H](C)[C@@]13O5)[C@@]4(O)[C@](C)(O)C2. The van der Waals surface area contributed by atoms with Gasteiger partial charge in [-0.3, -0.25) is 0 Å². The molecule has 1 spiro atoms. The predicted molar refractivity (Wildman–Crippen MR) is 207 cm³/mol. The smallest absolute Gasteiger partial charge is 0.338 e. The van der Waals surface area contributed by atoms with Crippen LogP contribution in [0.1, 0.15) is 69.3 Å². The van der Waals surface area contributed by atoms with E-state index in [1.54, 1.807) is 55.5 Å². The number of hydrogen-bond acceptors (Lipinski definition) is 13. The highest BCUT2D eigenvalue weighted by molar-refractivity contribution is 5.89. The van der Waals surface area contributed by atoms with E-state index in [9.17, 15) is 35.1 Å². The molecular weight excluding hydrogens is 760 g/mol. The molecule has 8 fully saturated rings. The maximum absolute atomic E-state index is 13.7. The molecule has 2 aromatic carbocycles. The molecule has 19 atom stereocenters. The summed E-state index contributed by atoms with van der Waals surface area (Å²) in [5.41, 5.74) is -8.50. The van der Waals surface area contributed by atoms with E-state index in [-0.39, 0.29) is 30.6 Å². The van der Waals surface area contributed by atoms with Crippen LogP contribution in [0.25, 0.3) is 0 Å². The standard InChI is InChI=1S/C46H54O13/c1-24-21-32-43(52)35(24)55-33(48)18-12-11-17-31(54-39(49)27-13-7-5-8-14-27)30-20-19-28(25(30)2)22-41(4,51)45(53)36-26(3)44(32)34(37-42(23-47,56-37)40(43)50)38(45)58-46(57-36,59-44)29-15-9-6-10-16-29/h5-18,24-26,28,30-32,34-38,40,47,50-53H,19-23H2,1-4H3/b17-11-,18-12-/t24-,25-,26+,28+,30-,31-,32+,34-,35-,36-,37-,38+,40+,41+,42-,43+,44-,45-,46?/m0/s1. The summed E-state index contributed by atoms with van der Waals surface area (Å²) in [6, 6.07) is 17.7. The van der Waals surface area contributed by atoms with Crippen molar-refractivity contribution in [1.82, 2.24) is 0 Å². The number of ether oxygens (including phenoxy) is 6. The minimum Gasteiger partial charge on any atom is -0.456 e. The van der Waals surface area contributed by atoms with E-state index in [0.29, 0.717) is 24.0 Å². The number of epoxide rings is 1. The van der Waals surface area contributed by atoms with Crippen molar-refractivity contribution in [2.45, 2.75) is 124 Å². The monoisotopic (exact) mass is 814 g/mol. The van der Waals surface area contributed by atoms with Crippen LogP contribution in [0.4, 0.5) is 0 Å². The van der Waals surface area contributed by atoms with Crippen molar-refractivity contribution in [2.24, 2.45) is 41.4 Å². The van der Waals surface area contributed by atoms with Gasteiger partial charge in [0.15, 0.2) is 0 Å². The molecule has 4 saturated heterocycles. The Kier molecular flexibility index (Phi) is 8.90. The Morgan fingerprint density at radius 3 is 2.29 bits per heavy atom. The highest BCUT2D eigenvalue weighted by Crippen LogP contribution is 2.75. The zero-order chi connectivity index (χ0) is 41.5. The summed E-state index contributed by atoms with van der Waals surface area (Å²) in [4.78, 5) is 27.2. The van der Waals surface area contributed by atoms with E-state index < -0.39 is 113 Å². The number of carbonyl (C=O) groups is 2. The average Bonchev–Trinajstić information content (AvgIpc) is 3.79. The third kappa shape index (κ3) is 5.17. The molecule has 13 nitrogen and oxygen atoms in total. The van der Waals surface area contributed by atoms with Crippen molar-refractivity contribution in [3.63, 3.8) is 0 Å². The fourth-order valence-electron chi connectivity index (χ4n) is 13.3. The van der Waals surface area contributed by atoms with Gasteiger partial charge >= 0.3 is 17.9 Å². The normalized spacial score (nSPS) is 52.8. The van der Waals surface area contributed by atoms with Crippen LogP contribution in [0.2, 0.25) is 0 Å². The van der Waals surface area contributed by atoms with Crippen LogP contribution in [0.3, 0.4) is 0 Å². The molecule has 1 unspecified atom stereocenters. The molecule has 2 aromatic rings. The van der Waals surface area contributed by atoms with Crippen LogP contribution in [0.15, 0.2) is 85.0 Å². The lowest BCUT2D eigenvalue weighted by molar-refractivity contribution is -0.595. The number of aliphatic hydroxyl groups is 5. The second-order valence-corrected chi connectivity index (χ2v) is 19.0. The highest BCUT2D eigenvalue weighted by Gasteiger charge is 2.91. The van der Waals surface area contributed by atoms with Gasteiger partial charge in [0, 0.05) is 35.3 Å². The first-order valence-corrected chi connectivity index (χ1v) is 21.2. The molecule has 12 rings (SSSR count). The van der Waals surface area contributed by atoms with Crippen molar-refractivity contribution < 1.29 is 63.5 Å². The summed E-state index contributed by atoms with van der Waals surface area (Å²) in [6.45, 7) is 6.66. The van der Waals surface area contributed by atoms with Crippen LogP contribution in [0, 0.1) is 41.4 Å². The van der Waals surface area contributed by atoms with Gasteiger partial charge in [-0.1, -0.05) is 81.5 Å². The number of fused-ring (bicyclic) bond motifs is 6. The van der Waals surface area contributed by atoms with Gasteiger partial charge in [-0.15, -0.1) is 0 Å². The molecule has 59 heavy (non-hydrogen) atoms. The fraction of sp³-hybridized carbons (Fsp3) is 0.609. The van der Waals surface area contributed by atoms with Gasteiger partial charge in [0.1, 0.15) is 53.4 Å². The van der Waals surface area contributed by atoms with Gasteiger partial charge in [0.2, 0.25) is 0 Å². The van der Waals surface area contributed by atoms with Gasteiger partial charge in [-0.25, -0.2) is 9.59 Å². The van der Waals surface area contributed by atoms with E-state index in [1.165, 1.54) is 12.2 Å². The van der Waals surface area contributed by atoms with Crippen LogP contribution >= 0.6 is 0 Å². The Morgan fingerprint density at radius 1 is 0.881 bits per heavy atom. The van der Waals surface area contributed by atoms with Gasteiger partial charge in [-0.2, -0.15) is 0 Å². The number of allylic oxidation sites excluding steroid dienone is 2. The Morgan fingerprint density at radius 2 is 1.58 bits per heavy atom. The molecule has 316 valence electrons. The Labute approximate surface area is 342 Å². The van der Waals surface area contributed by atoms with Crippen LogP contribution in [-0.2, 0) is 39.2 Å². The molecule has 0 radical (unpaired) electrons. The van der Waals surface area contributed by atoms with Gasteiger partial charge < -0.3 is 54.0 Å². The lowest BCUT2D eigenvalue weighted by atomic mass is 9.49. The Hall–Kier alpha value is -3.50. The third-order valence-corrected chi connectivity index (χ3v) is 16.2. The highest BCUT2D eigenvalue weighted by atomic mass is 16.9.